The molecule has 0 radical (unpaired) electrons. The molecule has 1 aliphatic rings. The molecule has 1 aliphatic heterocycles. The molecule has 0 saturated carbocycles. The Labute approximate surface area is 111 Å². The smallest absolute Gasteiger partial charge is 0.254 e. The van der Waals surface area contributed by atoms with Crippen LogP contribution in [0.4, 0.5) is 0 Å². The SMILES string of the molecule is Cc1ccccc1C(=O)N1CCC(n2nccn2)C1. The van der Waals surface area contributed by atoms with Crippen LogP contribution >= 0.6 is 0 Å². The van der Waals surface area contributed by atoms with Crippen LogP contribution in [0.1, 0.15) is 28.4 Å². The van der Waals surface area contributed by atoms with Gasteiger partial charge in [0.05, 0.1) is 18.4 Å². The van der Waals surface area contributed by atoms with Crippen molar-refractivity contribution >= 4 is 5.91 Å². The Balaban J connectivity index is 1.75. The molecule has 3 rings (SSSR count). The number of aryl methyl sites for hydroxylation is 1. The number of hydrogen-bond acceptors (Lipinski definition) is 3. The molecule has 5 nitrogen and oxygen atoms in total. The molecule has 2 heterocycles. The van der Waals surface area contributed by atoms with Gasteiger partial charge in [-0.2, -0.15) is 15.0 Å². The van der Waals surface area contributed by atoms with Crippen LogP contribution < -0.4 is 0 Å². The Hall–Kier alpha value is -2.17. The van der Waals surface area contributed by atoms with Gasteiger partial charge in [0.15, 0.2) is 0 Å². The van der Waals surface area contributed by atoms with E-state index in [-0.39, 0.29) is 11.9 Å². The number of aromatic nitrogens is 3. The van der Waals surface area contributed by atoms with E-state index in [1.54, 1.807) is 17.2 Å². The standard InChI is InChI=1S/C14H16N4O/c1-11-4-2-3-5-13(11)14(19)17-9-6-12(10-17)18-15-7-8-16-18/h2-5,7-8,12H,6,9-10H2,1H3. The molecular formula is C14H16N4O. The zero-order valence-corrected chi connectivity index (χ0v) is 10.9. The average Bonchev–Trinajstić information content (AvgIpc) is 3.09. The van der Waals surface area contributed by atoms with E-state index in [4.69, 9.17) is 0 Å². The summed E-state index contributed by atoms with van der Waals surface area (Å²) in [6.45, 7) is 3.41. The van der Waals surface area contributed by atoms with Crippen molar-refractivity contribution in [3.05, 3.63) is 47.8 Å². The number of hydrogen-bond donors (Lipinski definition) is 0. The fourth-order valence-electron chi connectivity index (χ4n) is 2.51. The van der Waals surface area contributed by atoms with Crippen molar-refractivity contribution < 1.29 is 4.79 Å². The van der Waals surface area contributed by atoms with E-state index in [2.05, 4.69) is 10.2 Å². The molecule has 1 unspecified atom stereocenters. The molecule has 1 saturated heterocycles. The minimum Gasteiger partial charge on any atom is -0.336 e. The highest BCUT2D eigenvalue weighted by Crippen LogP contribution is 2.22. The summed E-state index contributed by atoms with van der Waals surface area (Å²) in [7, 11) is 0. The summed E-state index contributed by atoms with van der Waals surface area (Å²) in [6.07, 6.45) is 4.25. The zero-order chi connectivity index (χ0) is 13.2. The number of rotatable bonds is 2. The van der Waals surface area contributed by atoms with Crippen molar-refractivity contribution in [3.8, 4) is 0 Å². The van der Waals surface area contributed by atoms with Gasteiger partial charge in [-0.15, -0.1) is 0 Å². The Morgan fingerprint density at radius 1 is 1.26 bits per heavy atom. The van der Waals surface area contributed by atoms with Crippen molar-refractivity contribution in [2.75, 3.05) is 13.1 Å². The lowest BCUT2D eigenvalue weighted by molar-refractivity contribution is 0.0785. The molecular weight excluding hydrogens is 240 g/mol. The summed E-state index contributed by atoms with van der Waals surface area (Å²) >= 11 is 0. The molecule has 98 valence electrons. The van der Waals surface area contributed by atoms with Gasteiger partial charge in [0.25, 0.3) is 5.91 Å². The normalized spacial score (nSPS) is 18.8. The third kappa shape index (κ3) is 2.23. The summed E-state index contributed by atoms with van der Waals surface area (Å²) in [4.78, 5) is 16.0. The lowest BCUT2D eigenvalue weighted by Crippen LogP contribution is -2.29. The first-order valence-corrected chi connectivity index (χ1v) is 6.46. The number of nitrogens with zero attached hydrogens (tertiary/aromatic N) is 4. The van der Waals surface area contributed by atoms with Crippen molar-refractivity contribution in [3.63, 3.8) is 0 Å². The largest absolute Gasteiger partial charge is 0.336 e. The topological polar surface area (TPSA) is 51.0 Å². The highest BCUT2D eigenvalue weighted by atomic mass is 16.2. The maximum absolute atomic E-state index is 12.5. The molecule has 2 aromatic rings. The highest BCUT2D eigenvalue weighted by Gasteiger charge is 2.29. The van der Waals surface area contributed by atoms with E-state index < -0.39 is 0 Å². The summed E-state index contributed by atoms with van der Waals surface area (Å²) < 4.78 is 0. The van der Waals surface area contributed by atoms with Crippen LogP contribution in [0.5, 0.6) is 0 Å². The monoisotopic (exact) mass is 256 g/mol. The molecule has 19 heavy (non-hydrogen) atoms. The number of likely N-dealkylation sites (tertiary alicyclic amines) is 1. The second kappa shape index (κ2) is 4.84. The van der Waals surface area contributed by atoms with Crippen molar-refractivity contribution in [1.82, 2.24) is 19.9 Å². The molecule has 1 fully saturated rings. The predicted octanol–water partition coefficient (Wildman–Crippen LogP) is 1.67. The summed E-state index contributed by atoms with van der Waals surface area (Å²) in [6, 6.07) is 7.91. The first kappa shape index (κ1) is 11.9. The zero-order valence-electron chi connectivity index (χ0n) is 10.9. The number of carbonyl (C=O) groups excluding carboxylic acids is 1. The van der Waals surface area contributed by atoms with Crippen molar-refractivity contribution in [1.29, 1.82) is 0 Å². The van der Waals surface area contributed by atoms with Gasteiger partial charge in [0.2, 0.25) is 0 Å². The van der Waals surface area contributed by atoms with Crippen molar-refractivity contribution in [2.45, 2.75) is 19.4 Å². The number of benzene rings is 1. The minimum absolute atomic E-state index is 0.104. The Morgan fingerprint density at radius 2 is 2.00 bits per heavy atom. The second-order valence-electron chi connectivity index (χ2n) is 4.86. The van der Waals surface area contributed by atoms with E-state index in [0.717, 1.165) is 24.1 Å². The van der Waals surface area contributed by atoms with E-state index in [0.29, 0.717) is 6.54 Å². The molecule has 0 spiro atoms. The third-order valence-corrected chi connectivity index (χ3v) is 3.59. The van der Waals surface area contributed by atoms with E-state index in [1.807, 2.05) is 36.1 Å². The molecule has 0 aliphatic carbocycles. The van der Waals surface area contributed by atoms with Crippen LogP contribution in [-0.2, 0) is 0 Å². The van der Waals surface area contributed by atoms with Gasteiger partial charge < -0.3 is 4.90 Å². The molecule has 0 bridgehead atoms. The lowest BCUT2D eigenvalue weighted by atomic mass is 10.1. The Kier molecular flexibility index (Phi) is 3.03. The average molecular weight is 256 g/mol. The first-order chi connectivity index (χ1) is 9.25. The maximum atomic E-state index is 12.5. The quantitative estimate of drug-likeness (QED) is 0.821. The van der Waals surface area contributed by atoms with Gasteiger partial charge in [-0.1, -0.05) is 18.2 Å². The summed E-state index contributed by atoms with van der Waals surface area (Å²) in [5, 5.41) is 8.30. The fourth-order valence-corrected chi connectivity index (χ4v) is 2.51. The van der Waals surface area contributed by atoms with Crippen LogP contribution in [0.3, 0.4) is 0 Å². The summed E-state index contributed by atoms with van der Waals surface area (Å²) in [5.74, 6) is 0.104. The third-order valence-electron chi connectivity index (χ3n) is 3.59. The number of amides is 1. The highest BCUT2D eigenvalue weighted by molar-refractivity contribution is 5.95. The van der Waals surface area contributed by atoms with Gasteiger partial charge >= 0.3 is 0 Å². The molecule has 1 atom stereocenters. The summed E-state index contributed by atoms with van der Waals surface area (Å²) in [5.41, 5.74) is 1.81. The Morgan fingerprint density at radius 3 is 2.74 bits per heavy atom. The molecule has 5 heteroatoms. The van der Waals surface area contributed by atoms with E-state index in [1.165, 1.54) is 0 Å². The van der Waals surface area contributed by atoms with Gasteiger partial charge in [-0.05, 0) is 25.0 Å². The fraction of sp³-hybridized carbons (Fsp3) is 0.357. The lowest BCUT2D eigenvalue weighted by Gasteiger charge is -2.17. The second-order valence-corrected chi connectivity index (χ2v) is 4.86. The number of carbonyl (C=O) groups is 1. The minimum atomic E-state index is 0.104. The molecule has 1 aromatic heterocycles. The van der Waals surface area contributed by atoms with Crippen LogP contribution in [0.15, 0.2) is 36.7 Å². The molecule has 0 N–H and O–H groups in total. The van der Waals surface area contributed by atoms with Crippen LogP contribution in [0, 0.1) is 6.92 Å². The molecule has 1 aromatic carbocycles. The van der Waals surface area contributed by atoms with Gasteiger partial charge in [-0.3, -0.25) is 4.79 Å². The van der Waals surface area contributed by atoms with Gasteiger partial charge in [-0.25, -0.2) is 0 Å². The van der Waals surface area contributed by atoms with E-state index in [9.17, 15) is 4.79 Å². The van der Waals surface area contributed by atoms with Crippen LogP contribution in [0.2, 0.25) is 0 Å². The van der Waals surface area contributed by atoms with Gasteiger partial charge in [0.1, 0.15) is 0 Å². The first-order valence-electron chi connectivity index (χ1n) is 6.46. The van der Waals surface area contributed by atoms with Crippen molar-refractivity contribution in [2.24, 2.45) is 0 Å². The van der Waals surface area contributed by atoms with Gasteiger partial charge in [0, 0.05) is 18.7 Å². The molecule has 1 amide bonds. The maximum Gasteiger partial charge on any atom is 0.254 e. The van der Waals surface area contributed by atoms with E-state index >= 15 is 0 Å². The predicted molar refractivity (Wildman–Crippen MR) is 70.8 cm³/mol. The van der Waals surface area contributed by atoms with Crippen LogP contribution in [0.25, 0.3) is 0 Å². The van der Waals surface area contributed by atoms with Crippen LogP contribution in [-0.4, -0.2) is 38.9 Å². The Bertz CT molecular complexity index is 579.